The predicted molar refractivity (Wildman–Crippen MR) is 69.0 cm³/mol. The van der Waals surface area contributed by atoms with E-state index in [1.165, 1.54) is 17.7 Å². The summed E-state index contributed by atoms with van der Waals surface area (Å²) in [5.74, 6) is -1.10. The van der Waals surface area contributed by atoms with Crippen molar-refractivity contribution in [1.29, 1.82) is 0 Å². The average Bonchev–Trinajstić information content (AvgIpc) is 2.78. The first-order valence-electron chi connectivity index (χ1n) is 5.60. The maximum Gasteiger partial charge on any atom is 0.374 e. The van der Waals surface area contributed by atoms with Crippen LogP contribution in [0.25, 0.3) is 5.65 Å². The van der Waals surface area contributed by atoms with Gasteiger partial charge in [0, 0.05) is 19.7 Å². The predicted octanol–water partition coefficient (Wildman–Crippen LogP) is -0.221. The SMILES string of the molecule is COC(Cc1ccc2ncc(P(=O)(O)O)n2c1)C(=O)O. The van der Waals surface area contributed by atoms with Gasteiger partial charge in [-0.25, -0.2) is 9.78 Å². The number of carboxylic acid groups (broad SMARTS) is 1. The summed E-state index contributed by atoms with van der Waals surface area (Å²) in [5, 5.41) is 8.92. The van der Waals surface area contributed by atoms with Crippen LogP contribution in [0.1, 0.15) is 5.56 Å². The minimum absolute atomic E-state index is 0.0839. The summed E-state index contributed by atoms with van der Waals surface area (Å²) < 4.78 is 17.4. The van der Waals surface area contributed by atoms with Crippen LogP contribution in [-0.4, -0.2) is 43.5 Å². The highest BCUT2D eigenvalue weighted by Gasteiger charge is 2.23. The molecule has 0 aliphatic carbocycles. The maximum atomic E-state index is 11.3. The smallest absolute Gasteiger partial charge is 0.374 e. The lowest BCUT2D eigenvalue weighted by atomic mass is 10.1. The second-order valence-corrected chi connectivity index (χ2v) is 5.74. The minimum atomic E-state index is -4.44. The van der Waals surface area contributed by atoms with Gasteiger partial charge in [0.25, 0.3) is 0 Å². The van der Waals surface area contributed by atoms with E-state index in [0.29, 0.717) is 11.2 Å². The third kappa shape index (κ3) is 2.88. The van der Waals surface area contributed by atoms with Gasteiger partial charge in [0.1, 0.15) is 5.65 Å². The second-order valence-electron chi connectivity index (χ2n) is 4.19. The van der Waals surface area contributed by atoms with Crippen molar-refractivity contribution in [2.45, 2.75) is 12.5 Å². The number of imidazole rings is 1. The molecule has 2 heterocycles. The van der Waals surface area contributed by atoms with Crippen LogP contribution in [0.4, 0.5) is 0 Å². The van der Waals surface area contributed by atoms with Crippen LogP contribution >= 0.6 is 7.60 Å². The summed E-state index contributed by atoms with van der Waals surface area (Å²) >= 11 is 0. The van der Waals surface area contributed by atoms with Crippen LogP contribution in [0.5, 0.6) is 0 Å². The van der Waals surface area contributed by atoms with Gasteiger partial charge in [-0.1, -0.05) is 6.07 Å². The molecule has 108 valence electrons. The molecule has 2 aromatic rings. The number of methoxy groups -OCH3 is 1. The van der Waals surface area contributed by atoms with Crippen molar-refractivity contribution in [2.75, 3.05) is 7.11 Å². The zero-order valence-corrected chi connectivity index (χ0v) is 11.4. The second kappa shape index (κ2) is 5.34. The van der Waals surface area contributed by atoms with Crippen LogP contribution in [0, 0.1) is 0 Å². The summed E-state index contributed by atoms with van der Waals surface area (Å²) in [6, 6.07) is 3.20. The Morgan fingerprint density at radius 2 is 2.20 bits per heavy atom. The molecule has 0 saturated heterocycles. The highest BCUT2D eigenvalue weighted by atomic mass is 31.2. The van der Waals surface area contributed by atoms with Crippen LogP contribution in [-0.2, 0) is 20.5 Å². The summed E-state index contributed by atoms with van der Waals surface area (Å²) in [4.78, 5) is 33.2. The molecule has 0 aliphatic heterocycles. The lowest BCUT2D eigenvalue weighted by Gasteiger charge is -2.11. The van der Waals surface area contributed by atoms with Gasteiger partial charge in [0.05, 0.1) is 6.20 Å². The Kier molecular flexibility index (Phi) is 3.92. The Labute approximate surface area is 113 Å². The number of carbonyl (C=O) groups is 1. The fourth-order valence-electron chi connectivity index (χ4n) is 1.83. The highest BCUT2D eigenvalue weighted by molar-refractivity contribution is 7.60. The van der Waals surface area contributed by atoms with Crippen molar-refractivity contribution in [3.63, 3.8) is 0 Å². The molecule has 8 nitrogen and oxygen atoms in total. The van der Waals surface area contributed by atoms with Crippen molar-refractivity contribution < 1.29 is 29.0 Å². The number of pyridine rings is 1. The van der Waals surface area contributed by atoms with E-state index in [0.717, 1.165) is 6.20 Å². The molecule has 0 spiro atoms. The monoisotopic (exact) mass is 300 g/mol. The van der Waals surface area contributed by atoms with Gasteiger partial charge in [-0.2, -0.15) is 0 Å². The normalized spacial score (nSPS) is 13.6. The molecule has 0 bridgehead atoms. The first-order valence-corrected chi connectivity index (χ1v) is 7.22. The van der Waals surface area contributed by atoms with E-state index in [9.17, 15) is 19.1 Å². The molecule has 9 heteroatoms. The Morgan fingerprint density at radius 3 is 2.75 bits per heavy atom. The van der Waals surface area contributed by atoms with Gasteiger partial charge in [-0.3, -0.25) is 8.97 Å². The number of nitrogens with zero attached hydrogens (tertiary/aromatic N) is 2. The topological polar surface area (TPSA) is 121 Å². The average molecular weight is 300 g/mol. The standard InChI is InChI=1S/C11H13N2O6P/c1-19-8(11(14)15)4-7-2-3-9-12-5-10(13(9)6-7)20(16,17)18/h2-3,5-6,8H,4H2,1H3,(H,14,15)(H2,16,17,18). The molecule has 20 heavy (non-hydrogen) atoms. The Hall–Kier alpha value is -1.73. The number of aromatic nitrogens is 2. The van der Waals surface area contributed by atoms with Crippen LogP contribution < -0.4 is 5.44 Å². The van der Waals surface area contributed by atoms with Gasteiger partial charge >= 0.3 is 13.6 Å². The molecular formula is C11H13N2O6P. The van der Waals surface area contributed by atoms with Gasteiger partial charge in [-0.15, -0.1) is 0 Å². The summed E-state index contributed by atoms with van der Waals surface area (Å²) in [5.41, 5.74) is 0.703. The van der Waals surface area contributed by atoms with Crippen molar-refractivity contribution in [3.8, 4) is 0 Å². The molecule has 0 aliphatic rings. The molecule has 0 saturated carbocycles. The van der Waals surface area contributed by atoms with E-state index in [1.54, 1.807) is 12.1 Å². The van der Waals surface area contributed by atoms with Crippen LogP contribution in [0.15, 0.2) is 24.5 Å². The Morgan fingerprint density at radius 1 is 1.50 bits per heavy atom. The lowest BCUT2D eigenvalue weighted by Crippen LogP contribution is -2.25. The molecule has 0 amide bonds. The maximum absolute atomic E-state index is 11.3. The van der Waals surface area contributed by atoms with Crippen LogP contribution in [0.3, 0.4) is 0 Å². The molecule has 1 unspecified atom stereocenters. The van der Waals surface area contributed by atoms with E-state index >= 15 is 0 Å². The Balaban J connectivity index is 2.42. The third-order valence-corrected chi connectivity index (χ3v) is 3.75. The number of carboxylic acids is 1. The zero-order chi connectivity index (χ0) is 14.9. The van der Waals surface area contributed by atoms with Gasteiger partial charge < -0.3 is 19.6 Å². The first kappa shape index (κ1) is 14.7. The van der Waals surface area contributed by atoms with E-state index in [4.69, 9.17) is 9.84 Å². The van der Waals surface area contributed by atoms with Gasteiger partial charge in [0.15, 0.2) is 11.5 Å². The summed E-state index contributed by atoms with van der Waals surface area (Å²) in [6.45, 7) is 0. The highest BCUT2D eigenvalue weighted by Crippen LogP contribution is 2.33. The van der Waals surface area contributed by atoms with Crippen molar-refractivity contribution in [1.82, 2.24) is 9.38 Å². The molecule has 0 aromatic carbocycles. The molecule has 0 fully saturated rings. The lowest BCUT2D eigenvalue weighted by molar-refractivity contribution is -0.148. The molecule has 2 rings (SSSR count). The minimum Gasteiger partial charge on any atom is -0.479 e. The van der Waals surface area contributed by atoms with Crippen molar-refractivity contribution in [2.24, 2.45) is 0 Å². The Bertz CT molecular complexity index is 691. The summed E-state index contributed by atoms with van der Waals surface area (Å²) in [7, 11) is -3.16. The number of rotatable bonds is 5. The fraction of sp³-hybridized carbons (Fsp3) is 0.273. The molecule has 0 radical (unpaired) electrons. The van der Waals surface area contributed by atoms with Crippen LogP contribution in [0.2, 0.25) is 0 Å². The number of ether oxygens (including phenoxy) is 1. The summed E-state index contributed by atoms with van der Waals surface area (Å²) in [6.07, 6.45) is 1.62. The molecule has 1 atom stereocenters. The van der Waals surface area contributed by atoms with Gasteiger partial charge in [-0.05, 0) is 11.6 Å². The van der Waals surface area contributed by atoms with E-state index in [1.807, 2.05) is 0 Å². The van der Waals surface area contributed by atoms with E-state index in [2.05, 4.69) is 4.98 Å². The molecule has 3 N–H and O–H groups in total. The van der Waals surface area contributed by atoms with Crippen molar-refractivity contribution >= 4 is 24.6 Å². The van der Waals surface area contributed by atoms with E-state index < -0.39 is 19.7 Å². The largest absolute Gasteiger partial charge is 0.479 e. The molecular weight excluding hydrogens is 287 g/mol. The number of hydrogen-bond donors (Lipinski definition) is 3. The van der Waals surface area contributed by atoms with Crippen molar-refractivity contribution in [3.05, 3.63) is 30.1 Å². The quantitative estimate of drug-likeness (QED) is 0.652. The fourth-order valence-corrected chi connectivity index (χ4v) is 2.48. The number of aliphatic carboxylic acids is 1. The van der Waals surface area contributed by atoms with E-state index in [-0.39, 0.29) is 11.9 Å². The first-order chi connectivity index (χ1) is 9.32. The zero-order valence-electron chi connectivity index (χ0n) is 10.5. The third-order valence-electron chi connectivity index (χ3n) is 2.83. The van der Waals surface area contributed by atoms with Gasteiger partial charge in [0.2, 0.25) is 0 Å². The number of hydrogen-bond acceptors (Lipinski definition) is 4. The molecule has 2 aromatic heterocycles. The number of fused-ring (bicyclic) bond motifs is 1.